The SMILES string of the molecule is O=C(CN1CCCC(C(=O)O)C1)Nc1ccccc1-c1cccs1. The first-order valence-electron chi connectivity index (χ1n) is 8.01. The maximum Gasteiger partial charge on any atom is 0.307 e. The maximum atomic E-state index is 12.4. The number of hydrogen-bond acceptors (Lipinski definition) is 4. The van der Waals surface area contributed by atoms with Gasteiger partial charge in [-0.15, -0.1) is 11.3 Å². The number of amides is 1. The summed E-state index contributed by atoms with van der Waals surface area (Å²) in [4.78, 5) is 26.5. The van der Waals surface area contributed by atoms with Crippen LogP contribution in [0.1, 0.15) is 12.8 Å². The summed E-state index contributed by atoms with van der Waals surface area (Å²) in [6.45, 7) is 1.43. The maximum absolute atomic E-state index is 12.4. The molecule has 1 fully saturated rings. The highest BCUT2D eigenvalue weighted by molar-refractivity contribution is 7.13. The number of hydrogen-bond donors (Lipinski definition) is 2. The minimum Gasteiger partial charge on any atom is -0.481 e. The molecule has 1 aliphatic rings. The molecule has 6 heteroatoms. The molecule has 1 aromatic carbocycles. The summed E-state index contributed by atoms with van der Waals surface area (Å²) in [6.07, 6.45) is 1.50. The normalized spacial score (nSPS) is 18.2. The van der Waals surface area contributed by atoms with Crippen molar-refractivity contribution in [2.75, 3.05) is 25.0 Å². The summed E-state index contributed by atoms with van der Waals surface area (Å²) in [6, 6.07) is 11.7. The molecule has 1 atom stereocenters. The standard InChI is InChI=1S/C18H20N2O3S/c21-17(12-20-9-3-5-13(11-20)18(22)23)19-15-7-2-1-6-14(15)16-8-4-10-24-16/h1-2,4,6-8,10,13H,3,5,9,11-12H2,(H,19,21)(H,22,23). The number of carbonyl (C=O) groups is 2. The van der Waals surface area contributed by atoms with Gasteiger partial charge in [-0.1, -0.05) is 24.3 Å². The number of nitrogens with zero attached hydrogens (tertiary/aromatic N) is 1. The monoisotopic (exact) mass is 344 g/mol. The molecule has 1 unspecified atom stereocenters. The van der Waals surface area contributed by atoms with Crippen LogP contribution in [0.5, 0.6) is 0 Å². The Kier molecular flexibility index (Phi) is 5.27. The zero-order valence-corrected chi connectivity index (χ0v) is 14.1. The largest absolute Gasteiger partial charge is 0.481 e. The Labute approximate surface area is 144 Å². The van der Waals surface area contributed by atoms with Gasteiger partial charge in [0, 0.05) is 22.7 Å². The molecule has 1 saturated heterocycles. The summed E-state index contributed by atoms with van der Waals surface area (Å²) in [5.41, 5.74) is 1.79. The van der Waals surface area contributed by atoms with Gasteiger partial charge in [-0.05, 0) is 36.9 Å². The number of likely N-dealkylation sites (tertiary alicyclic amines) is 1. The first kappa shape index (κ1) is 16.7. The second-order valence-corrected chi connectivity index (χ2v) is 6.93. The second kappa shape index (κ2) is 7.59. The minimum atomic E-state index is -0.775. The van der Waals surface area contributed by atoms with E-state index < -0.39 is 5.97 Å². The molecule has 1 amide bonds. The highest BCUT2D eigenvalue weighted by atomic mass is 32.1. The van der Waals surface area contributed by atoms with Gasteiger partial charge in [0.25, 0.3) is 0 Å². The number of carbonyl (C=O) groups excluding carboxylic acids is 1. The Bertz CT molecular complexity index is 715. The van der Waals surface area contributed by atoms with Crippen LogP contribution in [0.25, 0.3) is 10.4 Å². The predicted molar refractivity (Wildman–Crippen MR) is 95.2 cm³/mol. The number of nitrogens with one attached hydrogen (secondary N) is 1. The van der Waals surface area contributed by atoms with Crippen molar-refractivity contribution in [3.63, 3.8) is 0 Å². The van der Waals surface area contributed by atoms with E-state index in [1.54, 1.807) is 11.3 Å². The number of piperidine rings is 1. The Morgan fingerprint density at radius 1 is 1.25 bits per heavy atom. The van der Waals surface area contributed by atoms with E-state index in [4.69, 9.17) is 5.11 Å². The quantitative estimate of drug-likeness (QED) is 0.874. The van der Waals surface area contributed by atoms with E-state index in [0.717, 1.165) is 29.1 Å². The molecule has 0 bridgehead atoms. The van der Waals surface area contributed by atoms with Crippen LogP contribution in [-0.4, -0.2) is 41.5 Å². The number of carboxylic acids is 1. The highest BCUT2D eigenvalue weighted by Crippen LogP contribution is 2.31. The molecule has 5 nitrogen and oxygen atoms in total. The van der Waals surface area contributed by atoms with Crippen molar-refractivity contribution in [2.45, 2.75) is 12.8 Å². The first-order chi connectivity index (χ1) is 11.6. The lowest BCUT2D eigenvalue weighted by atomic mass is 9.98. The van der Waals surface area contributed by atoms with Crippen LogP contribution >= 0.6 is 11.3 Å². The summed E-state index contributed by atoms with van der Waals surface area (Å²) in [7, 11) is 0. The van der Waals surface area contributed by atoms with E-state index in [1.807, 2.05) is 46.7 Å². The van der Waals surface area contributed by atoms with Gasteiger partial charge in [0.05, 0.1) is 12.5 Å². The van der Waals surface area contributed by atoms with Gasteiger partial charge in [-0.25, -0.2) is 0 Å². The topological polar surface area (TPSA) is 69.6 Å². The average molecular weight is 344 g/mol. The van der Waals surface area contributed by atoms with E-state index in [0.29, 0.717) is 13.0 Å². The summed E-state index contributed by atoms with van der Waals surface area (Å²) in [5, 5.41) is 14.1. The fraction of sp³-hybridized carbons (Fsp3) is 0.333. The highest BCUT2D eigenvalue weighted by Gasteiger charge is 2.26. The van der Waals surface area contributed by atoms with Crippen molar-refractivity contribution in [3.8, 4) is 10.4 Å². The average Bonchev–Trinajstić information content (AvgIpc) is 3.10. The third-order valence-electron chi connectivity index (χ3n) is 4.21. The van der Waals surface area contributed by atoms with Gasteiger partial charge in [0.15, 0.2) is 0 Å². The van der Waals surface area contributed by atoms with Crippen molar-refractivity contribution in [2.24, 2.45) is 5.92 Å². The molecule has 24 heavy (non-hydrogen) atoms. The molecule has 3 rings (SSSR count). The third kappa shape index (κ3) is 4.01. The number of anilines is 1. The lowest BCUT2D eigenvalue weighted by Gasteiger charge is -2.30. The Morgan fingerprint density at radius 3 is 2.83 bits per heavy atom. The van der Waals surface area contributed by atoms with Crippen LogP contribution in [0.3, 0.4) is 0 Å². The molecule has 2 heterocycles. The summed E-state index contributed by atoms with van der Waals surface area (Å²) >= 11 is 1.63. The molecular weight excluding hydrogens is 324 g/mol. The molecule has 1 aromatic heterocycles. The first-order valence-corrected chi connectivity index (χ1v) is 8.89. The number of benzene rings is 1. The molecule has 126 valence electrons. The molecule has 0 spiro atoms. The van der Waals surface area contributed by atoms with Gasteiger partial charge < -0.3 is 10.4 Å². The molecule has 0 aliphatic carbocycles. The zero-order valence-electron chi connectivity index (χ0n) is 13.3. The number of thiophene rings is 1. The van der Waals surface area contributed by atoms with E-state index in [2.05, 4.69) is 5.32 Å². The number of aliphatic carboxylic acids is 1. The predicted octanol–water partition coefficient (Wildman–Crippen LogP) is 3.15. The summed E-state index contributed by atoms with van der Waals surface area (Å²) in [5.74, 6) is -1.25. The molecule has 1 aliphatic heterocycles. The molecule has 0 radical (unpaired) electrons. The number of rotatable bonds is 5. The number of carboxylic acid groups (broad SMARTS) is 1. The fourth-order valence-electron chi connectivity index (χ4n) is 3.03. The van der Waals surface area contributed by atoms with E-state index in [1.165, 1.54) is 0 Å². The van der Waals surface area contributed by atoms with Gasteiger partial charge in [0.2, 0.25) is 5.91 Å². The van der Waals surface area contributed by atoms with Crippen molar-refractivity contribution in [1.82, 2.24) is 4.90 Å². The van der Waals surface area contributed by atoms with E-state index in [9.17, 15) is 9.59 Å². The lowest BCUT2D eigenvalue weighted by molar-refractivity contribution is -0.144. The molecular formula is C18H20N2O3S. The summed E-state index contributed by atoms with van der Waals surface area (Å²) < 4.78 is 0. The molecule has 2 aromatic rings. The zero-order chi connectivity index (χ0) is 16.9. The second-order valence-electron chi connectivity index (χ2n) is 5.98. The Hall–Kier alpha value is -2.18. The van der Waals surface area contributed by atoms with Crippen LogP contribution in [-0.2, 0) is 9.59 Å². The van der Waals surface area contributed by atoms with Crippen LogP contribution in [0.4, 0.5) is 5.69 Å². The van der Waals surface area contributed by atoms with E-state index >= 15 is 0 Å². The van der Waals surface area contributed by atoms with Gasteiger partial charge >= 0.3 is 5.97 Å². The smallest absolute Gasteiger partial charge is 0.307 e. The van der Waals surface area contributed by atoms with Crippen LogP contribution < -0.4 is 5.32 Å². The van der Waals surface area contributed by atoms with Crippen LogP contribution in [0.2, 0.25) is 0 Å². The van der Waals surface area contributed by atoms with Crippen molar-refractivity contribution >= 4 is 28.9 Å². The van der Waals surface area contributed by atoms with Crippen molar-refractivity contribution in [1.29, 1.82) is 0 Å². The van der Waals surface area contributed by atoms with Gasteiger partial charge in [-0.2, -0.15) is 0 Å². The number of para-hydroxylation sites is 1. The lowest BCUT2D eigenvalue weighted by Crippen LogP contribution is -2.42. The van der Waals surface area contributed by atoms with E-state index in [-0.39, 0.29) is 18.4 Å². The van der Waals surface area contributed by atoms with Gasteiger partial charge in [0.1, 0.15) is 0 Å². The van der Waals surface area contributed by atoms with Gasteiger partial charge in [-0.3, -0.25) is 14.5 Å². The Balaban J connectivity index is 1.64. The van der Waals surface area contributed by atoms with Crippen LogP contribution in [0, 0.1) is 5.92 Å². The van der Waals surface area contributed by atoms with Crippen molar-refractivity contribution < 1.29 is 14.7 Å². The minimum absolute atomic E-state index is 0.106. The molecule has 0 saturated carbocycles. The Morgan fingerprint density at radius 2 is 2.08 bits per heavy atom. The van der Waals surface area contributed by atoms with Crippen LogP contribution in [0.15, 0.2) is 41.8 Å². The third-order valence-corrected chi connectivity index (χ3v) is 5.11. The van der Waals surface area contributed by atoms with Crippen molar-refractivity contribution in [3.05, 3.63) is 41.8 Å². The fourth-order valence-corrected chi connectivity index (χ4v) is 3.80. The molecule has 2 N–H and O–H groups in total.